The lowest BCUT2D eigenvalue weighted by atomic mass is 10.1. The predicted octanol–water partition coefficient (Wildman–Crippen LogP) is 1.71. The maximum Gasteiger partial charge on any atom is 0.246 e. The topological polar surface area (TPSA) is 64.4 Å². The maximum absolute atomic E-state index is 10.9. The molecule has 4 heteroatoms. The molecule has 0 atom stereocenters. The van der Waals surface area contributed by atoms with Crippen molar-refractivity contribution < 1.29 is 9.53 Å². The molecule has 0 aromatic rings. The van der Waals surface area contributed by atoms with E-state index in [9.17, 15) is 4.79 Å². The molecule has 92 valence electrons. The van der Waals surface area contributed by atoms with Crippen molar-refractivity contribution in [3.05, 3.63) is 37.8 Å². The van der Waals surface area contributed by atoms with Crippen molar-refractivity contribution in [2.75, 3.05) is 6.54 Å². The number of hydrogen-bond acceptors (Lipinski definition) is 3. The zero-order valence-corrected chi connectivity index (χ0v) is 10.4. The second-order valence-corrected chi connectivity index (χ2v) is 3.92. The van der Waals surface area contributed by atoms with Crippen molar-refractivity contribution in [3.63, 3.8) is 0 Å². The fourth-order valence-electron chi connectivity index (χ4n) is 0.527. The lowest BCUT2D eigenvalue weighted by Gasteiger charge is -2.18. The molecule has 0 aliphatic rings. The highest BCUT2D eigenvalue weighted by atomic mass is 16.5. The summed E-state index contributed by atoms with van der Waals surface area (Å²) >= 11 is 0. The molecule has 16 heavy (non-hydrogen) atoms. The number of amides is 1. The van der Waals surface area contributed by atoms with Crippen LogP contribution in [0, 0.1) is 0 Å². The van der Waals surface area contributed by atoms with Gasteiger partial charge in [0.1, 0.15) is 0 Å². The van der Waals surface area contributed by atoms with Crippen molar-refractivity contribution in [3.8, 4) is 0 Å². The van der Waals surface area contributed by atoms with Gasteiger partial charge < -0.3 is 15.8 Å². The SMILES string of the molecule is C=C(C)C(=O)NCC(C)(C)N.C=COC=C. The van der Waals surface area contributed by atoms with Crippen LogP contribution in [-0.2, 0) is 9.53 Å². The third-order valence-corrected chi connectivity index (χ3v) is 1.28. The minimum Gasteiger partial charge on any atom is -0.474 e. The molecule has 1 amide bonds. The van der Waals surface area contributed by atoms with E-state index in [1.807, 2.05) is 13.8 Å². The first kappa shape index (κ1) is 16.9. The van der Waals surface area contributed by atoms with Crippen LogP contribution >= 0.6 is 0 Å². The molecular formula is C12H22N2O2. The molecular weight excluding hydrogens is 204 g/mol. The second kappa shape index (κ2) is 8.73. The van der Waals surface area contributed by atoms with Crippen molar-refractivity contribution in [2.45, 2.75) is 26.3 Å². The van der Waals surface area contributed by atoms with Crippen molar-refractivity contribution in [1.82, 2.24) is 5.32 Å². The van der Waals surface area contributed by atoms with Crippen LogP contribution < -0.4 is 11.1 Å². The van der Waals surface area contributed by atoms with E-state index < -0.39 is 0 Å². The minimum absolute atomic E-state index is 0.136. The Bertz CT molecular complexity index is 246. The van der Waals surface area contributed by atoms with Crippen LogP contribution in [0.3, 0.4) is 0 Å². The number of nitrogens with two attached hydrogens (primary N) is 1. The van der Waals surface area contributed by atoms with Gasteiger partial charge in [0, 0.05) is 17.7 Å². The first-order valence-corrected chi connectivity index (χ1v) is 4.84. The summed E-state index contributed by atoms with van der Waals surface area (Å²) in [6.45, 7) is 15.9. The van der Waals surface area contributed by atoms with Gasteiger partial charge in [0.15, 0.2) is 0 Å². The summed E-state index contributed by atoms with van der Waals surface area (Å²) < 4.78 is 4.36. The Morgan fingerprint density at radius 2 is 1.88 bits per heavy atom. The molecule has 0 aromatic heterocycles. The number of carbonyl (C=O) groups excluding carboxylic acids is 1. The lowest BCUT2D eigenvalue weighted by Crippen LogP contribution is -2.45. The number of carbonyl (C=O) groups is 1. The predicted molar refractivity (Wildman–Crippen MR) is 67.6 cm³/mol. The van der Waals surface area contributed by atoms with E-state index in [4.69, 9.17) is 5.73 Å². The lowest BCUT2D eigenvalue weighted by molar-refractivity contribution is -0.117. The van der Waals surface area contributed by atoms with E-state index in [-0.39, 0.29) is 11.4 Å². The molecule has 0 fully saturated rings. The molecule has 0 aromatic carbocycles. The average Bonchev–Trinajstić information content (AvgIpc) is 2.15. The summed E-state index contributed by atoms with van der Waals surface area (Å²) in [6, 6.07) is 0. The fourth-order valence-corrected chi connectivity index (χ4v) is 0.527. The molecule has 0 rings (SSSR count). The third kappa shape index (κ3) is 14.9. The number of nitrogens with one attached hydrogen (secondary N) is 1. The van der Waals surface area contributed by atoms with E-state index in [0.717, 1.165) is 0 Å². The van der Waals surface area contributed by atoms with E-state index in [0.29, 0.717) is 12.1 Å². The standard InChI is InChI=1S/C8H16N2O.C4H6O/c1-6(2)7(11)10-5-8(3,4)9;1-3-5-4-2/h1,5,9H2,2-4H3,(H,10,11);3-4H,1-2H2. The molecule has 0 saturated carbocycles. The van der Waals surface area contributed by atoms with Gasteiger partial charge >= 0.3 is 0 Å². The second-order valence-electron chi connectivity index (χ2n) is 3.92. The molecule has 0 heterocycles. The van der Waals surface area contributed by atoms with Gasteiger partial charge in [-0.05, 0) is 20.8 Å². The highest BCUT2D eigenvalue weighted by molar-refractivity contribution is 5.92. The summed E-state index contributed by atoms with van der Waals surface area (Å²) in [5.41, 5.74) is 5.79. The third-order valence-electron chi connectivity index (χ3n) is 1.28. The minimum atomic E-state index is -0.356. The molecule has 0 unspecified atom stereocenters. The van der Waals surface area contributed by atoms with Crippen LogP contribution in [0.15, 0.2) is 37.8 Å². The van der Waals surface area contributed by atoms with Gasteiger partial charge in [-0.1, -0.05) is 19.7 Å². The normalized spacial score (nSPS) is 9.25. The fraction of sp³-hybridized carbons (Fsp3) is 0.417. The molecule has 0 spiro atoms. The summed E-state index contributed by atoms with van der Waals surface area (Å²) in [4.78, 5) is 10.9. The van der Waals surface area contributed by atoms with E-state index in [1.165, 1.54) is 12.5 Å². The Labute approximate surface area is 97.9 Å². The molecule has 0 saturated heterocycles. The van der Waals surface area contributed by atoms with E-state index >= 15 is 0 Å². The van der Waals surface area contributed by atoms with Gasteiger partial charge in [0.2, 0.25) is 5.91 Å². The van der Waals surface area contributed by atoms with Gasteiger partial charge in [-0.25, -0.2) is 0 Å². The van der Waals surface area contributed by atoms with Crippen LogP contribution in [0.2, 0.25) is 0 Å². The van der Waals surface area contributed by atoms with Crippen molar-refractivity contribution in [2.24, 2.45) is 5.73 Å². The number of rotatable bonds is 5. The summed E-state index contributed by atoms with van der Waals surface area (Å²) in [5.74, 6) is -0.136. The number of hydrogen-bond donors (Lipinski definition) is 2. The van der Waals surface area contributed by atoms with Crippen LogP contribution in [0.1, 0.15) is 20.8 Å². The maximum atomic E-state index is 10.9. The van der Waals surface area contributed by atoms with Crippen LogP contribution in [0.25, 0.3) is 0 Å². The van der Waals surface area contributed by atoms with Crippen LogP contribution in [-0.4, -0.2) is 18.0 Å². The Morgan fingerprint density at radius 1 is 1.44 bits per heavy atom. The monoisotopic (exact) mass is 226 g/mol. The summed E-state index contributed by atoms with van der Waals surface area (Å²) in [5, 5.41) is 2.66. The first-order valence-electron chi connectivity index (χ1n) is 4.84. The number of ether oxygens (including phenoxy) is 1. The zero-order valence-electron chi connectivity index (χ0n) is 10.4. The highest BCUT2D eigenvalue weighted by Crippen LogP contribution is 1.94. The Balaban J connectivity index is 0. The summed E-state index contributed by atoms with van der Waals surface area (Å²) in [7, 11) is 0. The average molecular weight is 226 g/mol. The Kier molecular flexibility index (Phi) is 9.21. The molecule has 4 nitrogen and oxygen atoms in total. The van der Waals surface area contributed by atoms with E-state index in [1.54, 1.807) is 6.92 Å². The quantitative estimate of drug-likeness (QED) is 0.554. The Morgan fingerprint density at radius 3 is 2.06 bits per heavy atom. The smallest absolute Gasteiger partial charge is 0.246 e. The molecule has 0 aliphatic heterocycles. The Hall–Kier alpha value is -1.55. The molecule has 3 N–H and O–H groups in total. The van der Waals surface area contributed by atoms with Gasteiger partial charge in [-0.3, -0.25) is 4.79 Å². The molecule has 0 aliphatic carbocycles. The van der Waals surface area contributed by atoms with Crippen LogP contribution in [0.4, 0.5) is 0 Å². The van der Waals surface area contributed by atoms with Gasteiger partial charge in [0.05, 0.1) is 12.5 Å². The highest BCUT2D eigenvalue weighted by Gasteiger charge is 2.11. The zero-order chi connectivity index (χ0) is 13.2. The summed E-state index contributed by atoms with van der Waals surface area (Å²) in [6.07, 6.45) is 2.62. The van der Waals surface area contributed by atoms with Crippen molar-refractivity contribution in [1.29, 1.82) is 0 Å². The molecule has 0 bridgehead atoms. The van der Waals surface area contributed by atoms with Gasteiger partial charge in [-0.2, -0.15) is 0 Å². The van der Waals surface area contributed by atoms with Crippen molar-refractivity contribution >= 4 is 5.91 Å². The van der Waals surface area contributed by atoms with E-state index in [2.05, 4.69) is 29.8 Å². The van der Waals surface area contributed by atoms with Gasteiger partial charge in [0.25, 0.3) is 0 Å². The first-order chi connectivity index (χ1) is 7.24. The largest absolute Gasteiger partial charge is 0.474 e. The van der Waals surface area contributed by atoms with Gasteiger partial charge in [-0.15, -0.1) is 0 Å². The van der Waals surface area contributed by atoms with Crippen LogP contribution in [0.5, 0.6) is 0 Å². The molecule has 0 radical (unpaired) electrons.